The fourth-order valence-corrected chi connectivity index (χ4v) is 3.33. The van der Waals surface area contributed by atoms with Crippen LogP contribution in [0, 0.1) is 6.92 Å². The summed E-state index contributed by atoms with van der Waals surface area (Å²) in [7, 11) is 0. The van der Waals surface area contributed by atoms with Gasteiger partial charge in [-0.05, 0) is 31.0 Å². The summed E-state index contributed by atoms with van der Waals surface area (Å²) in [4.78, 5) is 24.8. The molecule has 6 heteroatoms. The second-order valence-corrected chi connectivity index (χ2v) is 6.78. The van der Waals surface area contributed by atoms with Crippen molar-refractivity contribution >= 4 is 11.8 Å². The van der Waals surface area contributed by atoms with E-state index >= 15 is 0 Å². The van der Waals surface area contributed by atoms with Gasteiger partial charge in [0.2, 0.25) is 0 Å². The lowest BCUT2D eigenvalue weighted by molar-refractivity contribution is 0.0697. The number of piperazine rings is 1. The van der Waals surface area contributed by atoms with E-state index in [9.17, 15) is 4.79 Å². The summed E-state index contributed by atoms with van der Waals surface area (Å²) in [5.74, 6) is 1.03. The van der Waals surface area contributed by atoms with Crippen LogP contribution in [-0.4, -0.2) is 52.1 Å². The summed E-state index contributed by atoms with van der Waals surface area (Å²) in [6, 6.07) is 7.16. The first-order valence-electron chi connectivity index (χ1n) is 9.19. The quantitative estimate of drug-likeness (QED) is 0.860. The Hall–Kier alpha value is -2.47. The van der Waals surface area contributed by atoms with Gasteiger partial charge in [-0.25, -0.2) is 14.8 Å². The molecule has 0 atom stereocenters. The average molecular weight is 354 g/mol. The highest BCUT2D eigenvalue weighted by molar-refractivity contribution is 5.87. The fourth-order valence-electron chi connectivity index (χ4n) is 3.33. The molecule has 0 saturated carbocycles. The van der Waals surface area contributed by atoms with Gasteiger partial charge in [0.25, 0.3) is 0 Å². The molecule has 1 saturated heterocycles. The first-order chi connectivity index (χ1) is 12.6. The molecule has 0 unspecified atom stereocenters. The molecular weight excluding hydrogens is 328 g/mol. The van der Waals surface area contributed by atoms with Gasteiger partial charge in [-0.15, -0.1) is 0 Å². The summed E-state index contributed by atoms with van der Waals surface area (Å²) in [5.41, 5.74) is 2.71. The normalized spacial score (nSPS) is 15.2. The van der Waals surface area contributed by atoms with Gasteiger partial charge in [0.15, 0.2) is 0 Å². The topological polar surface area (TPSA) is 69.6 Å². The molecule has 1 aliphatic heterocycles. The van der Waals surface area contributed by atoms with E-state index in [-0.39, 0.29) is 0 Å². The Balaban J connectivity index is 1.61. The van der Waals surface area contributed by atoms with Crippen LogP contribution in [0.1, 0.15) is 40.7 Å². The molecule has 1 fully saturated rings. The Kier molecular flexibility index (Phi) is 5.83. The van der Waals surface area contributed by atoms with E-state index in [4.69, 9.17) is 10.1 Å². The van der Waals surface area contributed by atoms with Crippen LogP contribution in [0.3, 0.4) is 0 Å². The second kappa shape index (κ2) is 8.27. The van der Waals surface area contributed by atoms with Crippen molar-refractivity contribution in [2.45, 2.75) is 33.2 Å². The summed E-state index contributed by atoms with van der Waals surface area (Å²) in [6.07, 6.45) is 4.06. The summed E-state index contributed by atoms with van der Waals surface area (Å²) in [5, 5.41) is 8.99. The zero-order chi connectivity index (χ0) is 18.5. The molecule has 0 amide bonds. The molecule has 0 bridgehead atoms. The molecule has 0 spiro atoms. The van der Waals surface area contributed by atoms with Crippen LogP contribution < -0.4 is 4.90 Å². The first-order valence-corrected chi connectivity index (χ1v) is 9.19. The van der Waals surface area contributed by atoms with Crippen molar-refractivity contribution < 1.29 is 9.90 Å². The van der Waals surface area contributed by atoms with Crippen LogP contribution in [0.25, 0.3) is 0 Å². The second-order valence-electron chi connectivity index (χ2n) is 6.78. The summed E-state index contributed by atoms with van der Waals surface area (Å²) >= 11 is 0. The molecule has 3 rings (SSSR count). The molecule has 1 aromatic heterocycles. The van der Waals surface area contributed by atoms with Crippen LogP contribution >= 0.6 is 0 Å². The minimum atomic E-state index is -0.881. The van der Waals surface area contributed by atoms with Crippen LogP contribution in [0.2, 0.25) is 0 Å². The molecular formula is C20H26N4O2. The van der Waals surface area contributed by atoms with Crippen LogP contribution in [-0.2, 0) is 13.0 Å². The van der Waals surface area contributed by atoms with Crippen LogP contribution in [0.5, 0.6) is 0 Å². The largest absolute Gasteiger partial charge is 0.478 e. The first kappa shape index (κ1) is 18.3. The standard InChI is InChI=1S/C20H26N4O2/c1-3-4-18-13-21-15(2)22-19(18)24-11-9-23(10-12-24)14-16-5-7-17(8-6-16)20(25)26/h5-8,13H,3-4,9-12,14H2,1-2H3,(H,25,26). The van der Waals surface area contributed by atoms with Crippen molar-refractivity contribution in [3.63, 3.8) is 0 Å². The number of hydrogen-bond donors (Lipinski definition) is 1. The zero-order valence-electron chi connectivity index (χ0n) is 15.5. The van der Waals surface area contributed by atoms with Crippen molar-refractivity contribution in [2.75, 3.05) is 31.1 Å². The number of aryl methyl sites for hydroxylation is 2. The van der Waals surface area contributed by atoms with Crippen molar-refractivity contribution in [1.82, 2.24) is 14.9 Å². The number of carbonyl (C=O) groups is 1. The van der Waals surface area contributed by atoms with Gasteiger partial charge >= 0.3 is 5.97 Å². The minimum absolute atomic E-state index is 0.334. The van der Waals surface area contributed by atoms with Crippen molar-refractivity contribution in [2.24, 2.45) is 0 Å². The number of anilines is 1. The maximum absolute atomic E-state index is 10.9. The highest BCUT2D eigenvalue weighted by Gasteiger charge is 2.20. The summed E-state index contributed by atoms with van der Waals surface area (Å²) < 4.78 is 0. The minimum Gasteiger partial charge on any atom is -0.478 e. The van der Waals surface area contributed by atoms with E-state index in [2.05, 4.69) is 21.7 Å². The van der Waals surface area contributed by atoms with Gasteiger partial charge < -0.3 is 10.0 Å². The molecule has 138 valence electrons. The highest BCUT2D eigenvalue weighted by Crippen LogP contribution is 2.21. The monoisotopic (exact) mass is 354 g/mol. The lowest BCUT2D eigenvalue weighted by atomic mass is 10.1. The fraction of sp³-hybridized carbons (Fsp3) is 0.450. The molecule has 1 aromatic carbocycles. The molecule has 1 N–H and O–H groups in total. The SMILES string of the molecule is CCCc1cnc(C)nc1N1CCN(Cc2ccc(C(=O)O)cc2)CC1. The number of hydrogen-bond acceptors (Lipinski definition) is 5. The van der Waals surface area contributed by atoms with Crippen LogP contribution in [0.4, 0.5) is 5.82 Å². The molecule has 2 heterocycles. The van der Waals surface area contributed by atoms with E-state index in [1.165, 1.54) is 5.56 Å². The third kappa shape index (κ3) is 4.38. The Morgan fingerprint density at radius 1 is 1.15 bits per heavy atom. The summed E-state index contributed by atoms with van der Waals surface area (Å²) in [6.45, 7) is 8.79. The molecule has 2 aromatic rings. The Labute approximate surface area is 154 Å². The van der Waals surface area contributed by atoms with Gasteiger partial charge in [0.05, 0.1) is 5.56 Å². The molecule has 26 heavy (non-hydrogen) atoms. The predicted octanol–water partition coefficient (Wildman–Crippen LogP) is 2.76. The molecule has 0 aliphatic carbocycles. The number of aromatic nitrogens is 2. The van der Waals surface area contributed by atoms with Gasteiger partial charge in [0, 0.05) is 44.5 Å². The van der Waals surface area contributed by atoms with Crippen LogP contribution in [0.15, 0.2) is 30.5 Å². The van der Waals surface area contributed by atoms with Gasteiger partial charge in [-0.2, -0.15) is 0 Å². The van der Waals surface area contributed by atoms with E-state index < -0.39 is 5.97 Å². The van der Waals surface area contributed by atoms with E-state index in [0.29, 0.717) is 5.56 Å². The smallest absolute Gasteiger partial charge is 0.335 e. The van der Waals surface area contributed by atoms with E-state index in [1.807, 2.05) is 25.3 Å². The van der Waals surface area contributed by atoms with Gasteiger partial charge in [-0.3, -0.25) is 4.90 Å². The lowest BCUT2D eigenvalue weighted by Crippen LogP contribution is -2.46. The number of benzene rings is 1. The third-order valence-corrected chi connectivity index (χ3v) is 4.76. The van der Waals surface area contributed by atoms with Gasteiger partial charge in [0.1, 0.15) is 11.6 Å². The Morgan fingerprint density at radius 2 is 1.85 bits per heavy atom. The van der Waals surface area contributed by atoms with Crippen molar-refractivity contribution in [3.8, 4) is 0 Å². The molecule has 1 aliphatic rings. The Bertz CT molecular complexity index is 753. The number of carboxylic acid groups (broad SMARTS) is 1. The highest BCUT2D eigenvalue weighted by atomic mass is 16.4. The maximum atomic E-state index is 10.9. The molecule has 6 nitrogen and oxygen atoms in total. The number of carboxylic acids is 1. The van der Waals surface area contributed by atoms with Crippen molar-refractivity contribution in [3.05, 3.63) is 53.0 Å². The Morgan fingerprint density at radius 3 is 2.46 bits per heavy atom. The molecule has 0 radical (unpaired) electrons. The predicted molar refractivity (Wildman–Crippen MR) is 102 cm³/mol. The van der Waals surface area contributed by atoms with E-state index in [1.54, 1.807) is 12.1 Å². The maximum Gasteiger partial charge on any atom is 0.335 e. The van der Waals surface area contributed by atoms with E-state index in [0.717, 1.165) is 62.8 Å². The number of rotatable bonds is 6. The van der Waals surface area contributed by atoms with Gasteiger partial charge in [-0.1, -0.05) is 25.5 Å². The average Bonchev–Trinajstić information content (AvgIpc) is 2.64. The number of nitrogens with zero attached hydrogens (tertiary/aromatic N) is 4. The van der Waals surface area contributed by atoms with Crippen molar-refractivity contribution in [1.29, 1.82) is 0 Å². The number of aromatic carboxylic acids is 1. The zero-order valence-corrected chi connectivity index (χ0v) is 15.5. The lowest BCUT2D eigenvalue weighted by Gasteiger charge is -2.36. The third-order valence-electron chi connectivity index (χ3n) is 4.76.